The minimum absolute atomic E-state index is 0.0108. The number of hydrogen-bond donors (Lipinski definition) is 2. The summed E-state index contributed by atoms with van der Waals surface area (Å²) < 4.78 is 4.90. The van der Waals surface area contributed by atoms with E-state index in [0.29, 0.717) is 13.1 Å². The van der Waals surface area contributed by atoms with E-state index in [0.717, 1.165) is 0 Å². The molecular formula is C8H14N2O3. The second-order valence-corrected chi connectivity index (χ2v) is 2.97. The van der Waals surface area contributed by atoms with Crippen LogP contribution in [-0.4, -0.2) is 37.1 Å². The van der Waals surface area contributed by atoms with Gasteiger partial charge < -0.3 is 15.4 Å². The smallest absolute Gasteiger partial charge is 0.407 e. The van der Waals surface area contributed by atoms with Gasteiger partial charge in [-0.25, -0.2) is 4.79 Å². The van der Waals surface area contributed by atoms with Crippen LogP contribution in [0.5, 0.6) is 0 Å². The van der Waals surface area contributed by atoms with Crippen LogP contribution in [0.1, 0.15) is 13.8 Å². The van der Waals surface area contributed by atoms with Crippen molar-refractivity contribution in [1.29, 1.82) is 0 Å². The van der Waals surface area contributed by atoms with E-state index in [-0.39, 0.29) is 17.9 Å². The van der Waals surface area contributed by atoms with Crippen molar-refractivity contribution < 1.29 is 14.3 Å². The molecule has 0 spiro atoms. The first-order valence-corrected chi connectivity index (χ1v) is 4.33. The number of Topliss-reactive ketones (excluding diaryl/α,β-unsaturated/α-hetero) is 1. The molecule has 1 saturated heterocycles. The topological polar surface area (TPSA) is 67.4 Å². The molecule has 0 radical (unpaired) electrons. The summed E-state index contributed by atoms with van der Waals surface area (Å²) >= 11 is 0. The average molecular weight is 186 g/mol. The lowest BCUT2D eigenvalue weighted by Gasteiger charge is -2.19. The number of rotatable bonds is 4. The highest BCUT2D eigenvalue weighted by Gasteiger charge is 2.32. The van der Waals surface area contributed by atoms with Crippen molar-refractivity contribution in [3.8, 4) is 0 Å². The van der Waals surface area contributed by atoms with Crippen LogP contribution in [0.3, 0.4) is 0 Å². The van der Waals surface area contributed by atoms with E-state index < -0.39 is 6.09 Å². The third kappa shape index (κ3) is 2.42. The van der Waals surface area contributed by atoms with Gasteiger partial charge in [-0.05, 0) is 13.5 Å². The van der Waals surface area contributed by atoms with Gasteiger partial charge in [0.2, 0.25) is 0 Å². The fourth-order valence-corrected chi connectivity index (χ4v) is 1.35. The fourth-order valence-electron chi connectivity index (χ4n) is 1.35. The zero-order chi connectivity index (χ0) is 9.84. The standard InChI is InChI=1S/C8H14N2O3/c1-3-9-7(5(2)11)6-4-10-8(12)13-6/h6-7,9H,3-4H2,1-2H3,(H,10,12)/t6?,7-/m0/s1. The van der Waals surface area contributed by atoms with Crippen LogP contribution in [0.2, 0.25) is 0 Å². The molecule has 1 rings (SSSR count). The molecule has 1 heterocycles. The number of alkyl carbamates (subject to hydrolysis) is 1. The Balaban J connectivity index is 2.54. The van der Waals surface area contributed by atoms with Crippen LogP contribution in [-0.2, 0) is 9.53 Å². The van der Waals surface area contributed by atoms with Gasteiger partial charge in [0.1, 0.15) is 12.1 Å². The van der Waals surface area contributed by atoms with E-state index in [4.69, 9.17) is 4.74 Å². The first-order chi connectivity index (χ1) is 6.15. The summed E-state index contributed by atoms with van der Waals surface area (Å²) in [5, 5.41) is 5.49. The first-order valence-electron chi connectivity index (χ1n) is 4.33. The molecule has 1 unspecified atom stereocenters. The van der Waals surface area contributed by atoms with Crippen molar-refractivity contribution in [2.45, 2.75) is 26.0 Å². The van der Waals surface area contributed by atoms with Crippen molar-refractivity contribution in [2.75, 3.05) is 13.1 Å². The highest BCUT2D eigenvalue weighted by Crippen LogP contribution is 2.06. The van der Waals surface area contributed by atoms with Gasteiger partial charge in [0.25, 0.3) is 0 Å². The lowest BCUT2D eigenvalue weighted by molar-refractivity contribution is -0.121. The summed E-state index contributed by atoms with van der Waals surface area (Å²) in [6, 6.07) is -0.385. The summed E-state index contributed by atoms with van der Waals surface area (Å²) in [6.07, 6.45) is -0.820. The molecule has 0 bridgehead atoms. The molecule has 0 aliphatic carbocycles. The van der Waals surface area contributed by atoms with Crippen molar-refractivity contribution in [3.05, 3.63) is 0 Å². The number of nitrogens with one attached hydrogen (secondary N) is 2. The lowest BCUT2D eigenvalue weighted by Crippen LogP contribution is -2.46. The maximum Gasteiger partial charge on any atom is 0.407 e. The molecule has 0 aromatic heterocycles. The van der Waals surface area contributed by atoms with E-state index in [9.17, 15) is 9.59 Å². The number of carbonyl (C=O) groups excluding carboxylic acids is 2. The highest BCUT2D eigenvalue weighted by atomic mass is 16.6. The second kappa shape index (κ2) is 4.23. The molecule has 0 aromatic rings. The van der Waals surface area contributed by atoms with Crippen LogP contribution in [0.25, 0.3) is 0 Å². The summed E-state index contributed by atoms with van der Waals surface area (Å²) in [4.78, 5) is 21.9. The summed E-state index contributed by atoms with van der Waals surface area (Å²) in [5.41, 5.74) is 0. The SMILES string of the molecule is CCN[C@@H](C(C)=O)C1CNC(=O)O1. The van der Waals surface area contributed by atoms with Gasteiger partial charge in [-0.15, -0.1) is 0 Å². The quantitative estimate of drug-likeness (QED) is 0.630. The molecule has 5 heteroatoms. The Morgan fingerprint density at radius 1 is 1.85 bits per heavy atom. The predicted octanol–water partition coefficient (Wildman–Crippen LogP) is -0.338. The number of cyclic esters (lactones) is 1. The number of hydrogen-bond acceptors (Lipinski definition) is 4. The van der Waals surface area contributed by atoms with E-state index in [1.54, 1.807) is 0 Å². The van der Waals surface area contributed by atoms with Gasteiger partial charge in [-0.2, -0.15) is 0 Å². The summed E-state index contributed by atoms with van der Waals surface area (Å²) in [6.45, 7) is 4.47. The monoisotopic (exact) mass is 186 g/mol. The lowest BCUT2D eigenvalue weighted by atomic mass is 10.1. The Morgan fingerprint density at radius 2 is 2.54 bits per heavy atom. The molecule has 2 atom stereocenters. The zero-order valence-corrected chi connectivity index (χ0v) is 7.79. The van der Waals surface area contributed by atoms with Gasteiger partial charge >= 0.3 is 6.09 Å². The molecule has 74 valence electrons. The van der Waals surface area contributed by atoms with E-state index in [1.807, 2.05) is 6.92 Å². The van der Waals surface area contributed by atoms with Gasteiger partial charge in [0.05, 0.1) is 6.54 Å². The zero-order valence-electron chi connectivity index (χ0n) is 7.79. The minimum Gasteiger partial charge on any atom is -0.442 e. The normalized spacial score (nSPS) is 23.5. The molecule has 1 fully saturated rings. The molecule has 5 nitrogen and oxygen atoms in total. The Bertz CT molecular complexity index is 217. The van der Waals surface area contributed by atoms with Gasteiger partial charge in [-0.1, -0.05) is 6.92 Å². The van der Waals surface area contributed by atoms with Gasteiger partial charge in [0.15, 0.2) is 5.78 Å². The third-order valence-corrected chi connectivity index (χ3v) is 1.94. The second-order valence-electron chi connectivity index (χ2n) is 2.97. The van der Waals surface area contributed by atoms with E-state index >= 15 is 0 Å². The molecule has 13 heavy (non-hydrogen) atoms. The molecule has 1 aliphatic heterocycles. The van der Waals surface area contributed by atoms with Crippen LogP contribution in [0, 0.1) is 0 Å². The maximum absolute atomic E-state index is 11.1. The van der Waals surface area contributed by atoms with E-state index in [1.165, 1.54) is 6.92 Å². The van der Waals surface area contributed by atoms with Crippen LogP contribution in [0.15, 0.2) is 0 Å². The van der Waals surface area contributed by atoms with Crippen molar-refractivity contribution in [1.82, 2.24) is 10.6 Å². The molecule has 2 N–H and O–H groups in total. The van der Waals surface area contributed by atoms with Crippen molar-refractivity contribution in [3.63, 3.8) is 0 Å². The first kappa shape index (κ1) is 9.98. The Kier molecular flexibility index (Phi) is 3.25. The molecule has 1 amide bonds. The van der Waals surface area contributed by atoms with Gasteiger partial charge in [0, 0.05) is 0 Å². The van der Waals surface area contributed by atoms with Crippen LogP contribution >= 0.6 is 0 Å². The fraction of sp³-hybridized carbons (Fsp3) is 0.750. The average Bonchev–Trinajstić information content (AvgIpc) is 2.46. The number of amides is 1. The van der Waals surface area contributed by atoms with Crippen molar-refractivity contribution in [2.24, 2.45) is 0 Å². The Morgan fingerprint density at radius 3 is 2.92 bits per heavy atom. The molecule has 0 aromatic carbocycles. The number of ketones is 1. The van der Waals surface area contributed by atoms with Crippen molar-refractivity contribution >= 4 is 11.9 Å². The highest BCUT2D eigenvalue weighted by molar-refractivity contribution is 5.83. The van der Waals surface area contributed by atoms with Gasteiger partial charge in [-0.3, -0.25) is 4.79 Å². The van der Waals surface area contributed by atoms with Crippen LogP contribution in [0.4, 0.5) is 4.79 Å². The number of likely N-dealkylation sites (N-methyl/N-ethyl adjacent to an activating group) is 1. The number of ether oxygens (including phenoxy) is 1. The molecule has 1 aliphatic rings. The van der Waals surface area contributed by atoms with E-state index in [2.05, 4.69) is 10.6 Å². The molecule has 0 saturated carbocycles. The Hall–Kier alpha value is -1.10. The third-order valence-electron chi connectivity index (χ3n) is 1.94. The number of carbonyl (C=O) groups is 2. The maximum atomic E-state index is 11.1. The summed E-state index contributed by atoms with van der Waals surface area (Å²) in [7, 11) is 0. The predicted molar refractivity (Wildman–Crippen MR) is 46.4 cm³/mol. The van der Waals surface area contributed by atoms with Crippen LogP contribution < -0.4 is 10.6 Å². The largest absolute Gasteiger partial charge is 0.442 e. The molecular weight excluding hydrogens is 172 g/mol. The summed E-state index contributed by atoms with van der Waals surface area (Å²) in [5.74, 6) is -0.0108. The minimum atomic E-state index is -0.450. The Labute approximate surface area is 76.8 Å².